The van der Waals surface area contributed by atoms with Crippen molar-refractivity contribution in [2.75, 3.05) is 5.32 Å². The number of carbonyl (C=O) groups is 1. The number of thiazole rings is 1. The van der Waals surface area contributed by atoms with E-state index in [0.717, 1.165) is 26.5 Å². The normalized spacial score (nSPS) is 11.0. The summed E-state index contributed by atoms with van der Waals surface area (Å²) in [6.45, 7) is 0. The molecule has 0 fully saturated rings. The average molecular weight is 484 g/mol. The highest BCUT2D eigenvalue weighted by molar-refractivity contribution is 7.80. The van der Waals surface area contributed by atoms with E-state index in [0.29, 0.717) is 15.6 Å². The lowest BCUT2D eigenvalue weighted by Crippen LogP contribution is -2.32. The van der Waals surface area contributed by atoms with E-state index in [1.54, 1.807) is 35.6 Å². The smallest absolute Gasteiger partial charge is 0.250 e. The van der Waals surface area contributed by atoms with Crippen molar-refractivity contribution in [3.05, 3.63) is 88.4 Å². The lowest BCUT2D eigenvalue weighted by molar-refractivity contribution is -0.115. The second-order valence-electron chi connectivity index (χ2n) is 6.47. The summed E-state index contributed by atoms with van der Waals surface area (Å²) in [4.78, 5) is 17.0. The largest absolute Gasteiger partial charge is 0.332 e. The molecule has 31 heavy (non-hydrogen) atoms. The molecule has 0 spiro atoms. The molecule has 1 heterocycles. The quantitative estimate of drug-likeness (QED) is 0.247. The van der Waals surface area contributed by atoms with Crippen LogP contribution in [0.2, 0.25) is 10.0 Å². The van der Waals surface area contributed by atoms with Crippen LogP contribution < -0.4 is 10.6 Å². The molecule has 0 unspecified atom stereocenters. The van der Waals surface area contributed by atoms with Gasteiger partial charge in [-0.05, 0) is 60.3 Å². The van der Waals surface area contributed by atoms with Crippen molar-refractivity contribution in [3.8, 4) is 10.6 Å². The van der Waals surface area contributed by atoms with Gasteiger partial charge in [0.1, 0.15) is 5.01 Å². The van der Waals surface area contributed by atoms with Gasteiger partial charge in [-0.2, -0.15) is 0 Å². The van der Waals surface area contributed by atoms with Gasteiger partial charge in [0, 0.05) is 21.7 Å². The fourth-order valence-corrected chi connectivity index (χ4v) is 4.56. The summed E-state index contributed by atoms with van der Waals surface area (Å²) in [7, 11) is 0. The minimum Gasteiger partial charge on any atom is -0.332 e. The minimum absolute atomic E-state index is 0.186. The second kappa shape index (κ2) is 9.58. The van der Waals surface area contributed by atoms with Crippen LogP contribution in [0.25, 0.3) is 26.9 Å². The highest BCUT2D eigenvalue weighted by atomic mass is 35.5. The van der Waals surface area contributed by atoms with Crippen LogP contribution in [0.3, 0.4) is 0 Å². The SMILES string of the molecule is O=C(/C=C/c1ccc(Cl)cc1Cl)NC(=S)Nc1ccccc1-c1nc2ccccc2s1. The van der Waals surface area contributed by atoms with E-state index in [1.807, 2.05) is 48.5 Å². The van der Waals surface area contributed by atoms with Crippen molar-refractivity contribution in [1.82, 2.24) is 10.3 Å². The fourth-order valence-electron chi connectivity index (χ4n) is 2.88. The number of carbonyl (C=O) groups excluding carboxylic acids is 1. The van der Waals surface area contributed by atoms with Gasteiger partial charge in [0.05, 0.1) is 15.9 Å². The van der Waals surface area contributed by atoms with Gasteiger partial charge in [0.2, 0.25) is 5.91 Å². The summed E-state index contributed by atoms with van der Waals surface area (Å²) in [6.07, 6.45) is 2.97. The lowest BCUT2D eigenvalue weighted by Gasteiger charge is -2.11. The first-order chi connectivity index (χ1) is 15.0. The van der Waals surface area contributed by atoms with Gasteiger partial charge in [-0.1, -0.05) is 53.5 Å². The minimum atomic E-state index is -0.374. The molecular weight excluding hydrogens is 469 g/mol. The number of nitrogens with one attached hydrogen (secondary N) is 2. The second-order valence-corrected chi connectivity index (χ2v) is 8.76. The third-order valence-corrected chi connectivity index (χ3v) is 6.15. The van der Waals surface area contributed by atoms with E-state index >= 15 is 0 Å². The molecular formula is C23H15Cl2N3OS2. The van der Waals surface area contributed by atoms with Gasteiger partial charge in [-0.3, -0.25) is 10.1 Å². The number of aromatic nitrogens is 1. The summed E-state index contributed by atoms with van der Waals surface area (Å²) < 4.78 is 1.11. The molecule has 3 aromatic carbocycles. The van der Waals surface area contributed by atoms with Crippen LogP contribution in [0.5, 0.6) is 0 Å². The summed E-state index contributed by atoms with van der Waals surface area (Å²) in [5.41, 5.74) is 3.29. The average Bonchev–Trinajstić information content (AvgIpc) is 3.17. The number of halogens is 2. The van der Waals surface area contributed by atoms with E-state index in [4.69, 9.17) is 40.4 Å². The Hall–Kier alpha value is -2.77. The molecule has 8 heteroatoms. The van der Waals surface area contributed by atoms with Crippen LogP contribution in [0.15, 0.2) is 72.8 Å². The third kappa shape index (κ3) is 5.29. The number of fused-ring (bicyclic) bond motifs is 1. The van der Waals surface area contributed by atoms with Crippen molar-refractivity contribution < 1.29 is 4.79 Å². The summed E-state index contributed by atoms with van der Waals surface area (Å²) >= 11 is 18.9. The maximum absolute atomic E-state index is 12.3. The van der Waals surface area contributed by atoms with Crippen molar-refractivity contribution in [3.63, 3.8) is 0 Å². The molecule has 0 aliphatic carbocycles. The zero-order chi connectivity index (χ0) is 21.8. The number of nitrogens with zero attached hydrogens (tertiary/aromatic N) is 1. The topological polar surface area (TPSA) is 54.0 Å². The Morgan fingerprint density at radius 1 is 1.03 bits per heavy atom. The molecule has 4 aromatic rings. The highest BCUT2D eigenvalue weighted by Gasteiger charge is 2.12. The molecule has 154 valence electrons. The van der Waals surface area contributed by atoms with Crippen molar-refractivity contribution in [1.29, 1.82) is 0 Å². The van der Waals surface area contributed by atoms with Gasteiger partial charge in [0.25, 0.3) is 0 Å². The molecule has 1 amide bonds. The maximum atomic E-state index is 12.3. The van der Waals surface area contributed by atoms with Crippen LogP contribution in [0.4, 0.5) is 5.69 Å². The van der Waals surface area contributed by atoms with E-state index in [9.17, 15) is 4.79 Å². The lowest BCUT2D eigenvalue weighted by atomic mass is 10.2. The monoisotopic (exact) mass is 483 g/mol. The Balaban J connectivity index is 1.46. The number of rotatable bonds is 4. The number of thiocarbonyl (C=S) groups is 1. The molecule has 0 radical (unpaired) electrons. The van der Waals surface area contributed by atoms with Crippen LogP contribution in [-0.2, 0) is 4.79 Å². The van der Waals surface area contributed by atoms with E-state index in [2.05, 4.69) is 10.6 Å². The molecule has 4 rings (SSSR count). The third-order valence-electron chi connectivity index (χ3n) is 4.31. The maximum Gasteiger partial charge on any atom is 0.250 e. The molecule has 0 atom stereocenters. The molecule has 0 aliphatic heterocycles. The van der Waals surface area contributed by atoms with Crippen LogP contribution in [0, 0.1) is 0 Å². The predicted molar refractivity (Wildman–Crippen MR) is 135 cm³/mol. The predicted octanol–water partition coefficient (Wildman–Crippen LogP) is 6.80. The van der Waals surface area contributed by atoms with E-state index < -0.39 is 0 Å². The Bertz CT molecular complexity index is 1280. The van der Waals surface area contributed by atoms with Crippen molar-refractivity contribution in [2.45, 2.75) is 0 Å². The molecule has 0 aliphatic rings. The molecule has 4 nitrogen and oxygen atoms in total. The van der Waals surface area contributed by atoms with Crippen LogP contribution in [-0.4, -0.2) is 16.0 Å². The Kier molecular flexibility index (Phi) is 6.63. The van der Waals surface area contributed by atoms with Gasteiger partial charge >= 0.3 is 0 Å². The first kappa shape index (κ1) is 21.5. The van der Waals surface area contributed by atoms with Gasteiger partial charge in [-0.15, -0.1) is 11.3 Å². The van der Waals surface area contributed by atoms with E-state index in [1.165, 1.54) is 6.08 Å². The Morgan fingerprint density at radius 2 is 1.81 bits per heavy atom. The number of anilines is 1. The first-order valence-electron chi connectivity index (χ1n) is 9.20. The molecule has 0 saturated carbocycles. The standard InChI is InChI=1S/C23H15Cl2N3OS2/c24-15-11-9-14(17(25)13-15)10-12-21(29)28-23(30)27-18-6-2-1-5-16(18)22-26-19-7-3-4-8-20(19)31-22/h1-13H,(H2,27,28,29,30)/b12-10+. The zero-order valence-electron chi connectivity index (χ0n) is 15.9. The van der Waals surface area contributed by atoms with Gasteiger partial charge in [0.15, 0.2) is 5.11 Å². The molecule has 1 aromatic heterocycles. The molecule has 0 saturated heterocycles. The van der Waals surface area contributed by atoms with E-state index in [-0.39, 0.29) is 11.0 Å². The number of hydrogen-bond donors (Lipinski definition) is 2. The number of amides is 1. The first-order valence-corrected chi connectivity index (χ1v) is 11.2. The number of benzene rings is 3. The zero-order valence-corrected chi connectivity index (χ0v) is 19.1. The molecule has 0 bridgehead atoms. The Morgan fingerprint density at radius 3 is 2.61 bits per heavy atom. The highest BCUT2D eigenvalue weighted by Crippen LogP contribution is 2.34. The van der Waals surface area contributed by atoms with Crippen LogP contribution >= 0.6 is 46.8 Å². The number of para-hydroxylation sites is 2. The van der Waals surface area contributed by atoms with Crippen molar-refractivity contribution >= 4 is 79.8 Å². The van der Waals surface area contributed by atoms with Gasteiger partial charge < -0.3 is 5.32 Å². The summed E-state index contributed by atoms with van der Waals surface area (Å²) in [5, 5.41) is 7.78. The fraction of sp³-hybridized carbons (Fsp3) is 0. The summed E-state index contributed by atoms with van der Waals surface area (Å²) in [5.74, 6) is -0.374. The van der Waals surface area contributed by atoms with Crippen LogP contribution in [0.1, 0.15) is 5.56 Å². The van der Waals surface area contributed by atoms with Crippen molar-refractivity contribution in [2.24, 2.45) is 0 Å². The molecule has 2 N–H and O–H groups in total. The number of hydrogen-bond acceptors (Lipinski definition) is 4. The van der Waals surface area contributed by atoms with Gasteiger partial charge in [-0.25, -0.2) is 4.98 Å². The summed E-state index contributed by atoms with van der Waals surface area (Å²) in [6, 6.07) is 20.7. The Labute approximate surface area is 198 Å².